The lowest BCUT2D eigenvalue weighted by Crippen LogP contribution is -2.68. The number of hydrogen-bond acceptors (Lipinski definition) is 4. The smallest absolute Gasteiger partial charge is 0.397 e. The van der Waals surface area contributed by atoms with Gasteiger partial charge < -0.3 is 14.7 Å². The molecule has 0 saturated carbocycles. The van der Waals surface area contributed by atoms with Gasteiger partial charge in [-0.2, -0.15) is 13.2 Å². The minimum absolute atomic E-state index is 0.0354. The number of likely N-dealkylation sites (tertiary alicyclic amines) is 1. The first-order valence-corrected chi connectivity index (χ1v) is 9.78. The van der Waals surface area contributed by atoms with Gasteiger partial charge in [0, 0.05) is 36.8 Å². The number of fused-ring (bicyclic) bond motifs is 3. The number of nitrogens with zero attached hydrogens (tertiary/aromatic N) is 2. The number of ether oxygens (including phenoxy) is 1. The maximum Gasteiger partial charge on any atom is 0.397 e. The molecule has 2 aliphatic rings. The summed E-state index contributed by atoms with van der Waals surface area (Å²) in [6, 6.07) is 14.3. The highest BCUT2D eigenvalue weighted by molar-refractivity contribution is 5.95. The molecule has 0 unspecified atom stereocenters. The van der Waals surface area contributed by atoms with Crippen LogP contribution in [0.4, 0.5) is 18.9 Å². The molecule has 30 heavy (non-hydrogen) atoms. The van der Waals surface area contributed by atoms with E-state index in [4.69, 9.17) is 4.74 Å². The van der Waals surface area contributed by atoms with Crippen molar-refractivity contribution in [3.8, 4) is 5.75 Å². The summed E-state index contributed by atoms with van der Waals surface area (Å²) in [5, 5.41) is 10.0. The lowest BCUT2D eigenvalue weighted by atomic mass is 9.71. The molecule has 1 fully saturated rings. The van der Waals surface area contributed by atoms with Crippen molar-refractivity contribution in [1.82, 2.24) is 4.90 Å². The number of para-hydroxylation sites is 1. The van der Waals surface area contributed by atoms with E-state index >= 15 is 0 Å². The number of aliphatic hydroxyl groups is 1. The molecular formula is C22H23F3N2O3. The van der Waals surface area contributed by atoms with Gasteiger partial charge in [-0.15, -0.1) is 0 Å². The van der Waals surface area contributed by atoms with E-state index in [0.29, 0.717) is 18.0 Å². The molecule has 2 aliphatic heterocycles. The van der Waals surface area contributed by atoms with Crippen LogP contribution >= 0.6 is 0 Å². The third-order valence-electron chi connectivity index (χ3n) is 5.98. The van der Waals surface area contributed by atoms with Gasteiger partial charge in [-0.25, -0.2) is 0 Å². The Balaban J connectivity index is 1.63. The number of rotatable bonds is 5. The number of methoxy groups -OCH3 is 1. The maximum absolute atomic E-state index is 12.9. The molecule has 8 heteroatoms. The Labute approximate surface area is 172 Å². The topological polar surface area (TPSA) is 53.0 Å². The Kier molecular flexibility index (Phi) is 5.46. The van der Waals surface area contributed by atoms with Crippen LogP contribution in [0.25, 0.3) is 0 Å². The van der Waals surface area contributed by atoms with Crippen LogP contribution in [0.3, 0.4) is 0 Å². The summed E-state index contributed by atoms with van der Waals surface area (Å²) < 4.78 is 43.9. The molecule has 0 radical (unpaired) electrons. The molecule has 0 aliphatic carbocycles. The van der Waals surface area contributed by atoms with E-state index in [1.165, 1.54) is 4.90 Å². The van der Waals surface area contributed by atoms with Crippen molar-refractivity contribution in [1.29, 1.82) is 0 Å². The monoisotopic (exact) mass is 420 g/mol. The summed E-state index contributed by atoms with van der Waals surface area (Å²) in [5.41, 5.74) is 2.29. The molecule has 0 bridgehead atoms. The maximum atomic E-state index is 12.9. The van der Waals surface area contributed by atoms with E-state index in [9.17, 15) is 23.1 Å². The first-order chi connectivity index (χ1) is 14.3. The first kappa shape index (κ1) is 20.7. The van der Waals surface area contributed by atoms with Gasteiger partial charge in [0.25, 0.3) is 0 Å². The summed E-state index contributed by atoms with van der Waals surface area (Å²) in [4.78, 5) is 15.8. The molecule has 1 saturated heterocycles. The Morgan fingerprint density at radius 1 is 1.20 bits per heavy atom. The molecule has 0 aromatic heterocycles. The van der Waals surface area contributed by atoms with E-state index in [0.717, 1.165) is 11.1 Å². The molecule has 4 rings (SSSR count). The number of alkyl halides is 3. The second-order valence-electron chi connectivity index (χ2n) is 7.72. The number of carbonyl (C=O) groups excluding carboxylic acids is 1. The zero-order chi connectivity index (χ0) is 21.5. The Morgan fingerprint density at radius 2 is 1.97 bits per heavy atom. The predicted octanol–water partition coefficient (Wildman–Crippen LogP) is 3.32. The fourth-order valence-electron chi connectivity index (χ4n) is 4.68. The fourth-order valence-corrected chi connectivity index (χ4v) is 4.68. The third-order valence-corrected chi connectivity index (χ3v) is 5.98. The van der Waals surface area contributed by atoms with Crippen molar-refractivity contribution < 1.29 is 27.8 Å². The number of anilines is 1. The summed E-state index contributed by atoms with van der Waals surface area (Å²) in [6.45, 7) is 0.597. The quantitative estimate of drug-likeness (QED) is 0.807. The lowest BCUT2D eigenvalue weighted by Gasteiger charge is -2.59. The second kappa shape index (κ2) is 7.92. The van der Waals surface area contributed by atoms with Gasteiger partial charge in [0.15, 0.2) is 0 Å². The average molecular weight is 420 g/mol. The summed E-state index contributed by atoms with van der Waals surface area (Å²) in [6.07, 6.45) is -6.05. The van der Waals surface area contributed by atoms with Gasteiger partial charge in [0.2, 0.25) is 5.91 Å². The number of carbonyl (C=O) groups is 1. The standard InChI is InChI=1S/C22H23F3N2O3/c1-30-15-6-4-5-14(9-15)11-26-18-12-27(20(29)10-22(23,24)25)17-8-3-2-7-16(17)21(18)19(26)13-28/h2-9,18-19,21,28H,10-13H2,1H3/t18-,19+,21+/m1/s1. The van der Waals surface area contributed by atoms with Crippen molar-refractivity contribution in [3.63, 3.8) is 0 Å². The zero-order valence-corrected chi connectivity index (χ0v) is 16.5. The van der Waals surface area contributed by atoms with Crippen molar-refractivity contribution >= 4 is 11.6 Å². The molecule has 2 heterocycles. The number of amides is 1. The highest BCUT2D eigenvalue weighted by atomic mass is 19.4. The fraction of sp³-hybridized carbons (Fsp3) is 0.409. The zero-order valence-electron chi connectivity index (χ0n) is 16.5. The number of hydrogen-bond donors (Lipinski definition) is 1. The third kappa shape index (κ3) is 3.77. The van der Waals surface area contributed by atoms with Gasteiger partial charge in [-0.1, -0.05) is 30.3 Å². The SMILES string of the molecule is COc1cccc(CN2[C@@H]3CN(C(=O)CC(F)(F)F)c4ccccc4[C@@H]3[C@@H]2CO)c1. The van der Waals surface area contributed by atoms with Crippen LogP contribution in [-0.2, 0) is 11.3 Å². The number of benzene rings is 2. The van der Waals surface area contributed by atoms with E-state index in [1.807, 2.05) is 36.4 Å². The van der Waals surface area contributed by atoms with E-state index in [1.54, 1.807) is 19.2 Å². The molecule has 2 aromatic carbocycles. The van der Waals surface area contributed by atoms with Crippen molar-refractivity contribution in [2.24, 2.45) is 0 Å². The Hall–Kier alpha value is -2.58. The number of halogens is 3. The molecule has 3 atom stereocenters. The Bertz CT molecular complexity index is 934. The lowest BCUT2D eigenvalue weighted by molar-refractivity contribution is -0.152. The van der Waals surface area contributed by atoms with Crippen LogP contribution in [0, 0.1) is 0 Å². The van der Waals surface area contributed by atoms with Gasteiger partial charge in [0.1, 0.15) is 12.2 Å². The summed E-state index contributed by atoms with van der Waals surface area (Å²) in [7, 11) is 1.58. The normalized spacial score (nSPS) is 23.4. The second-order valence-corrected chi connectivity index (χ2v) is 7.72. The summed E-state index contributed by atoms with van der Waals surface area (Å²) >= 11 is 0. The van der Waals surface area contributed by atoms with Crippen LogP contribution < -0.4 is 9.64 Å². The van der Waals surface area contributed by atoms with E-state index in [-0.39, 0.29) is 31.2 Å². The molecule has 2 aromatic rings. The largest absolute Gasteiger partial charge is 0.497 e. The van der Waals surface area contributed by atoms with Crippen LogP contribution in [0.2, 0.25) is 0 Å². The van der Waals surface area contributed by atoms with Crippen LogP contribution in [-0.4, -0.2) is 54.4 Å². The first-order valence-electron chi connectivity index (χ1n) is 9.78. The molecule has 1 amide bonds. The minimum Gasteiger partial charge on any atom is -0.497 e. The van der Waals surface area contributed by atoms with Crippen LogP contribution in [0.5, 0.6) is 5.75 Å². The van der Waals surface area contributed by atoms with Crippen LogP contribution in [0.1, 0.15) is 23.5 Å². The van der Waals surface area contributed by atoms with Crippen LogP contribution in [0.15, 0.2) is 48.5 Å². The highest BCUT2D eigenvalue weighted by Gasteiger charge is 2.53. The highest BCUT2D eigenvalue weighted by Crippen LogP contribution is 2.49. The molecule has 1 N–H and O–H groups in total. The average Bonchev–Trinajstić information content (AvgIpc) is 2.70. The summed E-state index contributed by atoms with van der Waals surface area (Å²) in [5.74, 6) is -0.282. The molecule has 5 nitrogen and oxygen atoms in total. The van der Waals surface area contributed by atoms with Gasteiger partial charge >= 0.3 is 6.18 Å². The molecule has 160 valence electrons. The van der Waals surface area contributed by atoms with E-state index < -0.39 is 18.5 Å². The van der Waals surface area contributed by atoms with Crippen molar-refractivity contribution in [3.05, 3.63) is 59.7 Å². The van der Waals surface area contributed by atoms with Gasteiger partial charge in [-0.05, 0) is 29.3 Å². The van der Waals surface area contributed by atoms with Crippen molar-refractivity contribution in [2.45, 2.75) is 37.1 Å². The van der Waals surface area contributed by atoms with Gasteiger partial charge in [0.05, 0.1) is 13.7 Å². The Morgan fingerprint density at radius 3 is 2.67 bits per heavy atom. The van der Waals surface area contributed by atoms with Crippen molar-refractivity contribution in [2.75, 3.05) is 25.2 Å². The minimum atomic E-state index is -4.56. The molecule has 0 spiro atoms. The molecular weight excluding hydrogens is 397 g/mol. The van der Waals surface area contributed by atoms with E-state index in [2.05, 4.69) is 4.90 Å². The predicted molar refractivity (Wildman–Crippen MR) is 105 cm³/mol. The number of aliphatic hydroxyl groups excluding tert-OH is 1. The van der Waals surface area contributed by atoms with Gasteiger partial charge in [-0.3, -0.25) is 9.69 Å².